The molecule has 0 radical (unpaired) electrons. The molecule has 1 aliphatic heterocycles. The van der Waals surface area contributed by atoms with Crippen LogP contribution in [0.3, 0.4) is 0 Å². The van der Waals surface area contributed by atoms with Crippen molar-refractivity contribution in [2.45, 2.75) is 77.6 Å². The first-order chi connectivity index (χ1) is 20.7. The average Bonchev–Trinajstić information content (AvgIpc) is 3.04. The number of ether oxygens (including phenoxy) is 1. The molecule has 3 aromatic carbocycles. The number of carbonyl (C=O) groups excluding carboxylic acids is 4. The van der Waals surface area contributed by atoms with Gasteiger partial charge in [0, 0.05) is 23.2 Å². The first-order valence-corrected chi connectivity index (χ1v) is 14.7. The number of urea groups is 1. The number of fused-ring (bicyclic) bond motifs is 1. The molecule has 10 nitrogen and oxygen atoms in total. The number of carbonyl (C=O) groups is 4. The summed E-state index contributed by atoms with van der Waals surface area (Å²) < 4.78 is 5.33. The number of hydrogen-bond acceptors (Lipinski definition) is 5. The third kappa shape index (κ3) is 8.59. The van der Waals surface area contributed by atoms with Gasteiger partial charge in [0.1, 0.15) is 11.6 Å². The fraction of sp³-hybridized carbons (Fsp3) is 0.353. The number of nitrogens with one attached hydrogen (secondary N) is 3. The summed E-state index contributed by atoms with van der Waals surface area (Å²) in [5.41, 5.74) is 8.81. The van der Waals surface area contributed by atoms with E-state index >= 15 is 0 Å². The summed E-state index contributed by atoms with van der Waals surface area (Å²) in [4.78, 5) is 52.6. The normalized spacial score (nSPS) is 15.1. The molecule has 0 spiro atoms. The van der Waals surface area contributed by atoms with E-state index in [9.17, 15) is 19.2 Å². The van der Waals surface area contributed by atoms with Crippen LogP contribution in [0.4, 0.5) is 21.0 Å². The molecule has 5 amide bonds. The monoisotopic (exact) mass is 599 g/mol. The molecular weight excluding hydrogens is 558 g/mol. The molecule has 0 aromatic heterocycles. The lowest BCUT2D eigenvalue weighted by molar-refractivity contribution is -0.128. The molecule has 232 valence electrons. The van der Waals surface area contributed by atoms with Crippen LogP contribution in [0.1, 0.15) is 58.6 Å². The third-order valence-electron chi connectivity index (χ3n) is 7.12. The molecule has 0 unspecified atom stereocenters. The summed E-state index contributed by atoms with van der Waals surface area (Å²) >= 11 is 0. The Morgan fingerprint density at radius 1 is 0.932 bits per heavy atom. The van der Waals surface area contributed by atoms with Crippen molar-refractivity contribution >= 4 is 35.3 Å². The van der Waals surface area contributed by atoms with E-state index in [1.165, 1.54) is 0 Å². The molecule has 0 saturated carbocycles. The maximum atomic E-state index is 14.0. The van der Waals surface area contributed by atoms with Crippen molar-refractivity contribution in [2.75, 3.05) is 10.2 Å². The number of aryl methyl sites for hydroxylation is 1. The molecule has 0 bridgehead atoms. The van der Waals surface area contributed by atoms with Crippen molar-refractivity contribution in [3.8, 4) is 11.1 Å². The first kappa shape index (κ1) is 32.1. The lowest BCUT2D eigenvalue weighted by Crippen LogP contribution is -2.52. The van der Waals surface area contributed by atoms with E-state index in [0.29, 0.717) is 25.1 Å². The summed E-state index contributed by atoms with van der Waals surface area (Å²) in [5.74, 6) is -0.552. The quantitative estimate of drug-likeness (QED) is 0.270. The Bertz CT molecular complexity index is 1530. The summed E-state index contributed by atoms with van der Waals surface area (Å²) in [5, 5.41) is 8.32. The Morgan fingerprint density at radius 3 is 2.27 bits per heavy atom. The predicted molar refractivity (Wildman–Crippen MR) is 171 cm³/mol. The molecular formula is C34H41N5O5. The number of alkyl carbamates (subject to hydrolysis) is 1. The molecule has 0 aliphatic carbocycles. The average molecular weight is 600 g/mol. The van der Waals surface area contributed by atoms with Crippen LogP contribution in [0.25, 0.3) is 11.1 Å². The molecule has 44 heavy (non-hydrogen) atoms. The largest absolute Gasteiger partial charge is 0.444 e. The van der Waals surface area contributed by atoms with Crippen molar-refractivity contribution in [1.82, 2.24) is 10.6 Å². The van der Waals surface area contributed by atoms with Crippen LogP contribution in [0, 0.1) is 0 Å². The lowest BCUT2D eigenvalue weighted by atomic mass is 9.99. The number of rotatable bonds is 8. The fourth-order valence-corrected chi connectivity index (χ4v) is 5.23. The Kier molecular flexibility index (Phi) is 9.62. The van der Waals surface area contributed by atoms with Crippen LogP contribution in [-0.4, -0.2) is 41.1 Å². The van der Waals surface area contributed by atoms with Crippen molar-refractivity contribution in [2.24, 2.45) is 5.73 Å². The van der Waals surface area contributed by atoms with Gasteiger partial charge in [0.2, 0.25) is 11.8 Å². The van der Waals surface area contributed by atoms with Gasteiger partial charge in [0.05, 0.1) is 12.2 Å². The summed E-state index contributed by atoms with van der Waals surface area (Å²) in [7, 11) is 0. The summed E-state index contributed by atoms with van der Waals surface area (Å²) in [6.07, 6.45) is 0.420. The van der Waals surface area contributed by atoms with E-state index in [-0.39, 0.29) is 18.2 Å². The van der Waals surface area contributed by atoms with Gasteiger partial charge in [-0.05, 0) is 76.3 Å². The van der Waals surface area contributed by atoms with Gasteiger partial charge in [-0.1, -0.05) is 60.7 Å². The number of para-hydroxylation sites is 2. The molecule has 0 fully saturated rings. The van der Waals surface area contributed by atoms with E-state index in [4.69, 9.17) is 10.5 Å². The van der Waals surface area contributed by atoms with Crippen LogP contribution in [0.2, 0.25) is 0 Å². The molecule has 1 heterocycles. The number of anilines is 2. The number of amides is 5. The summed E-state index contributed by atoms with van der Waals surface area (Å²) in [6.45, 7) is 9.08. The zero-order valence-electron chi connectivity index (χ0n) is 25.9. The van der Waals surface area contributed by atoms with Gasteiger partial charge in [0.25, 0.3) is 0 Å². The predicted octanol–water partition coefficient (Wildman–Crippen LogP) is 5.50. The second-order valence-corrected chi connectivity index (χ2v) is 12.6. The molecule has 4 rings (SSSR count). The van der Waals surface area contributed by atoms with Gasteiger partial charge in [-0.2, -0.15) is 0 Å². The minimum Gasteiger partial charge on any atom is -0.444 e. The fourth-order valence-electron chi connectivity index (χ4n) is 5.23. The molecule has 5 N–H and O–H groups in total. The Morgan fingerprint density at radius 2 is 1.59 bits per heavy atom. The highest BCUT2D eigenvalue weighted by atomic mass is 16.6. The van der Waals surface area contributed by atoms with Gasteiger partial charge in [-0.3, -0.25) is 9.59 Å². The standard InChI is InChI=1S/C34H41N5O5/c1-33(2,3)44-32(43)38-34(4,5)20-29(40)36-27-19-18-24-10-6-9-13-28(24)39(30(27)41)21-22-14-16-23(17-15-22)25-11-7-8-12-26(25)37-31(35)42/h6-17,27H,18-21H2,1-5H3,(H,36,40)(H,38,43)(H3,35,37,42)/t27-/m1/s1. The van der Waals surface area contributed by atoms with E-state index < -0.39 is 29.3 Å². The first-order valence-electron chi connectivity index (χ1n) is 14.7. The zero-order chi connectivity index (χ0) is 32.1. The molecule has 3 aromatic rings. The summed E-state index contributed by atoms with van der Waals surface area (Å²) in [6, 6.07) is 21.5. The highest BCUT2D eigenvalue weighted by Gasteiger charge is 2.33. The number of nitrogens with two attached hydrogens (primary N) is 1. The Labute approximate surface area is 258 Å². The second-order valence-electron chi connectivity index (χ2n) is 12.6. The second kappa shape index (κ2) is 13.2. The highest BCUT2D eigenvalue weighted by molar-refractivity contribution is 6.00. The molecule has 10 heteroatoms. The molecule has 1 atom stereocenters. The Hall–Kier alpha value is -4.86. The van der Waals surface area contributed by atoms with Crippen LogP contribution in [-0.2, 0) is 27.3 Å². The number of nitrogens with zero attached hydrogens (tertiary/aromatic N) is 1. The van der Waals surface area contributed by atoms with Gasteiger partial charge in [-0.15, -0.1) is 0 Å². The minimum atomic E-state index is -0.893. The maximum Gasteiger partial charge on any atom is 0.408 e. The lowest BCUT2D eigenvalue weighted by Gasteiger charge is -2.29. The van der Waals surface area contributed by atoms with E-state index in [1.807, 2.05) is 66.7 Å². The van der Waals surface area contributed by atoms with Gasteiger partial charge < -0.3 is 31.3 Å². The molecule has 1 aliphatic rings. The van der Waals surface area contributed by atoms with Crippen LogP contribution >= 0.6 is 0 Å². The van der Waals surface area contributed by atoms with Crippen molar-refractivity contribution in [3.05, 3.63) is 83.9 Å². The number of primary amides is 1. The minimum absolute atomic E-state index is 0.0312. The van der Waals surface area contributed by atoms with Crippen molar-refractivity contribution in [3.63, 3.8) is 0 Å². The van der Waals surface area contributed by atoms with Crippen LogP contribution in [0.15, 0.2) is 72.8 Å². The van der Waals surface area contributed by atoms with Crippen molar-refractivity contribution in [1.29, 1.82) is 0 Å². The van der Waals surface area contributed by atoms with Crippen LogP contribution in [0.5, 0.6) is 0 Å². The SMILES string of the molecule is CC(C)(CC(=O)N[C@@H]1CCc2ccccc2N(Cc2ccc(-c3ccccc3NC(N)=O)cc2)C1=O)NC(=O)OC(C)(C)C. The van der Waals surface area contributed by atoms with Gasteiger partial charge >= 0.3 is 12.1 Å². The topological polar surface area (TPSA) is 143 Å². The van der Waals surface area contributed by atoms with Gasteiger partial charge in [-0.25, -0.2) is 9.59 Å². The number of benzene rings is 3. The van der Waals surface area contributed by atoms with Crippen LogP contribution < -0.4 is 26.6 Å². The Balaban J connectivity index is 1.50. The third-order valence-corrected chi connectivity index (χ3v) is 7.12. The van der Waals surface area contributed by atoms with Gasteiger partial charge in [0.15, 0.2) is 0 Å². The van der Waals surface area contributed by atoms with E-state index in [1.54, 1.807) is 45.6 Å². The van der Waals surface area contributed by atoms with Crippen molar-refractivity contribution < 1.29 is 23.9 Å². The maximum absolute atomic E-state index is 14.0. The number of hydrogen-bond donors (Lipinski definition) is 4. The van der Waals surface area contributed by atoms with E-state index in [0.717, 1.165) is 27.9 Å². The smallest absolute Gasteiger partial charge is 0.408 e. The zero-order valence-corrected chi connectivity index (χ0v) is 25.9. The molecule has 0 saturated heterocycles. The van der Waals surface area contributed by atoms with E-state index in [2.05, 4.69) is 16.0 Å². The highest BCUT2D eigenvalue weighted by Crippen LogP contribution is 2.31.